The van der Waals surface area contributed by atoms with Gasteiger partial charge in [-0.1, -0.05) is 44.0 Å². The summed E-state index contributed by atoms with van der Waals surface area (Å²) in [6.07, 6.45) is 0.886. The number of benzene rings is 1. The molecule has 2 atom stereocenters. The van der Waals surface area contributed by atoms with Crippen LogP contribution in [0.3, 0.4) is 0 Å². The van der Waals surface area contributed by atoms with Gasteiger partial charge in [-0.15, -0.1) is 0 Å². The van der Waals surface area contributed by atoms with Gasteiger partial charge in [-0.2, -0.15) is 0 Å². The molecule has 1 aromatic rings. The Labute approximate surface area is 125 Å². The number of nitrogens with zero attached hydrogens (tertiary/aromatic N) is 1. The van der Waals surface area contributed by atoms with Gasteiger partial charge in [0.15, 0.2) is 0 Å². The minimum absolute atomic E-state index is 0.0536. The average Bonchev–Trinajstić information content (AvgIpc) is 2.46. The van der Waals surface area contributed by atoms with E-state index in [1.807, 2.05) is 26.0 Å². The Hall–Kier alpha value is -1.26. The van der Waals surface area contributed by atoms with Gasteiger partial charge in [0.25, 0.3) is 0 Å². The van der Waals surface area contributed by atoms with Crippen LogP contribution in [0.2, 0.25) is 5.02 Å². The molecule has 0 saturated carbocycles. The maximum Gasteiger partial charge on any atom is 0.239 e. The lowest BCUT2D eigenvalue weighted by Crippen LogP contribution is -2.46. The lowest BCUT2D eigenvalue weighted by atomic mass is 9.99. The zero-order valence-electron chi connectivity index (χ0n) is 12.3. The maximum absolute atomic E-state index is 12.1. The summed E-state index contributed by atoms with van der Waals surface area (Å²) in [5.41, 5.74) is 5.93. The Bertz CT molecular complexity index is 440. The van der Waals surface area contributed by atoms with E-state index in [1.54, 1.807) is 24.1 Å². The largest absolute Gasteiger partial charge is 0.490 e. The predicted octanol–water partition coefficient (Wildman–Crippen LogP) is 2.55. The second kappa shape index (κ2) is 8.12. The lowest BCUT2D eigenvalue weighted by molar-refractivity contribution is -0.132. The van der Waals surface area contributed by atoms with Crippen molar-refractivity contribution in [3.8, 4) is 5.75 Å². The number of ether oxygens (including phenoxy) is 1. The molecule has 1 rings (SSSR count). The van der Waals surface area contributed by atoms with E-state index in [4.69, 9.17) is 22.1 Å². The molecule has 0 saturated heterocycles. The van der Waals surface area contributed by atoms with Crippen molar-refractivity contribution in [2.45, 2.75) is 26.3 Å². The van der Waals surface area contributed by atoms with Crippen LogP contribution in [0, 0.1) is 5.92 Å². The number of carbonyl (C=O) groups is 1. The van der Waals surface area contributed by atoms with Crippen molar-refractivity contribution in [2.75, 3.05) is 20.2 Å². The van der Waals surface area contributed by atoms with Crippen LogP contribution in [0.1, 0.15) is 20.3 Å². The van der Waals surface area contributed by atoms with Gasteiger partial charge < -0.3 is 15.4 Å². The van der Waals surface area contributed by atoms with Crippen LogP contribution in [0.25, 0.3) is 0 Å². The fourth-order valence-electron chi connectivity index (χ4n) is 1.72. The highest BCUT2D eigenvalue weighted by Crippen LogP contribution is 2.22. The molecular weight excluding hydrogens is 276 g/mol. The number of likely N-dealkylation sites (N-methyl/N-ethyl adjacent to an activating group) is 1. The second-order valence-corrected chi connectivity index (χ2v) is 5.36. The molecule has 0 aliphatic rings. The van der Waals surface area contributed by atoms with E-state index < -0.39 is 6.04 Å². The van der Waals surface area contributed by atoms with E-state index in [-0.39, 0.29) is 11.8 Å². The second-order valence-electron chi connectivity index (χ2n) is 4.95. The lowest BCUT2D eigenvalue weighted by Gasteiger charge is -2.24. The third-order valence-corrected chi connectivity index (χ3v) is 3.75. The molecule has 20 heavy (non-hydrogen) atoms. The molecule has 0 aromatic heterocycles. The van der Waals surface area contributed by atoms with Gasteiger partial charge in [0.05, 0.1) is 17.6 Å². The summed E-state index contributed by atoms with van der Waals surface area (Å²) in [6.45, 7) is 4.88. The SMILES string of the molecule is CCC(C)[C@H](N)C(=O)N(C)CCOc1ccccc1Cl. The van der Waals surface area contributed by atoms with Gasteiger partial charge in [-0.3, -0.25) is 4.79 Å². The number of rotatable bonds is 7. The zero-order valence-corrected chi connectivity index (χ0v) is 13.1. The van der Waals surface area contributed by atoms with Crippen LogP contribution in [0.4, 0.5) is 0 Å². The molecule has 0 bridgehead atoms. The molecule has 112 valence electrons. The molecule has 5 heteroatoms. The summed E-state index contributed by atoms with van der Waals surface area (Å²) in [4.78, 5) is 13.7. The summed E-state index contributed by atoms with van der Waals surface area (Å²) >= 11 is 5.99. The molecule has 2 N–H and O–H groups in total. The van der Waals surface area contributed by atoms with Crippen molar-refractivity contribution in [1.29, 1.82) is 0 Å². The number of halogens is 1. The number of para-hydroxylation sites is 1. The van der Waals surface area contributed by atoms with Gasteiger partial charge >= 0.3 is 0 Å². The van der Waals surface area contributed by atoms with E-state index in [1.165, 1.54) is 0 Å². The topological polar surface area (TPSA) is 55.6 Å². The third-order valence-electron chi connectivity index (χ3n) is 3.44. The minimum atomic E-state index is -0.453. The first-order valence-corrected chi connectivity index (χ1v) is 7.23. The number of carbonyl (C=O) groups excluding carboxylic acids is 1. The molecule has 0 spiro atoms. The van der Waals surface area contributed by atoms with Crippen molar-refractivity contribution < 1.29 is 9.53 Å². The van der Waals surface area contributed by atoms with Crippen LogP contribution in [0.15, 0.2) is 24.3 Å². The summed E-state index contributed by atoms with van der Waals surface area (Å²) in [6, 6.07) is 6.82. The summed E-state index contributed by atoms with van der Waals surface area (Å²) in [5, 5.41) is 0.567. The van der Waals surface area contributed by atoms with E-state index >= 15 is 0 Å². The summed E-state index contributed by atoms with van der Waals surface area (Å²) in [5.74, 6) is 0.748. The van der Waals surface area contributed by atoms with Crippen molar-refractivity contribution in [1.82, 2.24) is 4.90 Å². The molecule has 0 radical (unpaired) electrons. The summed E-state index contributed by atoms with van der Waals surface area (Å²) in [7, 11) is 1.74. The van der Waals surface area contributed by atoms with Gasteiger partial charge in [-0.25, -0.2) is 0 Å². The highest BCUT2D eigenvalue weighted by atomic mass is 35.5. The average molecular weight is 299 g/mol. The maximum atomic E-state index is 12.1. The first kappa shape index (κ1) is 16.8. The quantitative estimate of drug-likeness (QED) is 0.841. The fraction of sp³-hybridized carbons (Fsp3) is 0.533. The van der Waals surface area contributed by atoms with Gasteiger partial charge in [0, 0.05) is 7.05 Å². The first-order valence-electron chi connectivity index (χ1n) is 6.85. The van der Waals surface area contributed by atoms with E-state index in [0.717, 1.165) is 6.42 Å². The standard InChI is InChI=1S/C15H23ClN2O2/c1-4-11(2)14(17)15(19)18(3)9-10-20-13-8-6-5-7-12(13)16/h5-8,11,14H,4,9-10,17H2,1-3H3/t11?,14-/m0/s1. The first-order chi connectivity index (χ1) is 9.47. The smallest absolute Gasteiger partial charge is 0.239 e. The molecule has 4 nitrogen and oxygen atoms in total. The highest BCUT2D eigenvalue weighted by Gasteiger charge is 2.22. The van der Waals surface area contributed by atoms with Gasteiger partial charge in [-0.05, 0) is 18.1 Å². The highest BCUT2D eigenvalue weighted by molar-refractivity contribution is 6.32. The van der Waals surface area contributed by atoms with Crippen LogP contribution < -0.4 is 10.5 Å². The Kier molecular flexibility index (Phi) is 6.82. The Morgan fingerprint density at radius 2 is 2.10 bits per heavy atom. The van der Waals surface area contributed by atoms with E-state index in [2.05, 4.69) is 0 Å². The predicted molar refractivity (Wildman–Crippen MR) is 82.0 cm³/mol. The number of hydrogen-bond donors (Lipinski definition) is 1. The Balaban J connectivity index is 2.42. The molecule has 0 aliphatic heterocycles. The van der Waals surface area contributed by atoms with Crippen LogP contribution in [0.5, 0.6) is 5.75 Å². The van der Waals surface area contributed by atoms with E-state index in [0.29, 0.717) is 23.9 Å². The van der Waals surface area contributed by atoms with Crippen molar-refractivity contribution >= 4 is 17.5 Å². The zero-order chi connectivity index (χ0) is 15.1. The molecule has 0 fully saturated rings. The Morgan fingerprint density at radius 3 is 2.70 bits per heavy atom. The molecule has 1 amide bonds. The van der Waals surface area contributed by atoms with Crippen LogP contribution in [-0.4, -0.2) is 37.0 Å². The molecule has 1 unspecified atom stereocenters. The number of hydrogen-bond acceptors (Lipinski definition) is 3. The summed E-state index contributed by atoms with van der Waals surface area (Å²) < 4.78 is 5.56. The molecule has 0 heterocycles. The molecular formula is C15H23ClN2O2. The van der Waals surface area contributed by atoms with Crippen LogP contribution in [-0.2, 0) is 4.79 Å². The van der Waals surface area contributed by atoms with Gasteiger partial charge in [0.1, 0.15) is 12.4 Å². The molecule has 1 aromatic carbocycles. The van der Waals surface area contributed by atoms with Crippen molar-refractivity contribution in [2.24, 2.45) is 11.7 Å². The van der Waals surface area contributed by atoms with Crippen LogP contribution >= 0.6 is 11.6 Å². The fourth-order valence-corrected chi connectivity index (χ4v) is 1.91. The van der Waals surface area contributed by atoms with Gasteiger partial charge in [0.2, 0.25) is 5.91 Å². The van der Waals surface area contributed by atoms with Crippen molar-refractivity contribution in [3.05, 3.63) is 29.3 Å². The van der Waals surface area contributed by atoms with Crippen molar-refractivity contribution in [3.63, 3.8) is 0 Å². The number of nitrogens with two attached hydrogens (primary N) is 1. The minimum Gasteiger partial charge on any atom is -0.490 e. The Morgan fingerprint density at radius 1 is 1.45 bits per heavy atom. The normalized spacial score (nSPS) is 13.7. The van der Waals surface area contributed by atoms with E-state index in [9.17, 15) is 4.79 Å². The monoisotopic (exact) mass is 298 g/mol. The molecule has 0 aliphatic carbocycles. The third kappa shape index (κ3) is 4.69. The number of amides is 1.